The molecule has 1 aromatic carbocycles. The quantitative estimate of drug-likeness (QED) is 0.509. The SMILES string of the molecule is Cc1oc2cc(Oc3ccnn4cc(C(=O)N5CC(C)(O)C5)c(C)c34)ccc2c1C(N)=O. The van der Waals surface area contributed by atoms with Gasteiger partial charge < -0.3 is 24.9 Å². The van der Waals surface area contributed by atoms with Crippen molar-refractivity contribution in [2.45, 2.75) is 26.4 Å². The van der Waals surface area contributed by atoms with Gasteiger partial charge in [-0.3, -0.25) is 9.59 Å². The van der Waals surface area contributed by atoms with E-state index < -0.39 is 11.5 Å². The van der Waals surface area contributed by atoms with Crippen molar-refractivity contribution in [2.75, 3.05) is 13.1 Å². The Balaban J connectivity index is 1.50. The zero-order chi connectivity index (χ0) is 22.8. The second-order valence-electron chi connectivity index (χ2n) is 8.47. The molecule has 1 saturated heterocycles. The van der Waals surface area contributed by atoms with E-state index in [0.717, 1.165) is 5.56 Å². The van der Waals surface area contributed by atoms with Gasteiger partial charge in [-0.15, -0.1) is 0 Å². The van der Waals surface area contributed by atoms with Crippen molar-refractivity contribution < 1.29 is 23.8 Å². The van der Waals surface area contributed by atoms with Crippen LogP contribution in [0.1, 0.15) is 39.0 Å². The zero-order valence-electron chi connectivity index (χ0n) is 17.9. The van der Waals surface area contributed by atoms with E-state index in [-0.39, 0.29) is 5.91 Å². The number of nitrogens with zero attached hydrogens (tertiary/aromatic N) is 3. The molecule has 0 spiro atoms. The van der Waals surface area contributed by atoms with Gasteiger partial charge >= 0.3 is 0 Å². The lowest BCUT2D eigenvalue weighted by atomic mass is 9.96. The molecule has 5 rings (SSSR count). The lowest BCUT2D eigenvalue weighted by molar-refractivity contribution is -0.0669. The summed E-state index contributed by atoms with van der Waals surface area (Å²) in [5.41, 5.74) is 7.37. The highest BCUT2D eigenvalue weighted by Gasteiger charge is 2.40. The van der Waals surface area contributed by atoms with Crippen molar-refractivity contribution in [1.82, 2.24) is 14.5 Å². The number of aliphatic hydroxyl groups is 1. The lowest BCUT2D eigenvalue weighted by Crippen LogP contribution is -2.61. The summed E-state index contributed by atoms with van der Waals surface area (Å²) in [6.07, 6.45) is 3.26. The average Bonchev–Trinajstić information content (AvgIpc) is 3.22. The van der Waals surface area contributed by atoms with Crippen LogP contribution in [0.25, 0.3) is 16.5 Å². The fraction of sp³-hybridized carbons (Fsp3) is 0.261. The molecule has 3 N–H and O–H groups in total. The molecule has 32 heavy (non-hydrogen) atoms. The van der Waals surface area contributed by atoms with E-state index >= 15 is 0 Å². The molecule has 0 unspecified atom stereocenters. The summed E-state index contributed by atoms with van der Waals surface area (Å²) in [6.45, 7) is 5.83. The molecule has 1 fully saturated rings. The number of furan rings is 1. The highest BCUT2D eigenvalue weighted by Crippen LogP contribution is 2.34. The van der Waals surface area contributed by atoms with E-state index in [1.165, 1.54) is 0 Å². The van der Waals surface area contributed by atoms with E-state index in [4.69, 9.17) is 14.9 Å². The first-order chi connectivity index (χ1) is 15.1. The van der Waals surface area contributed by atoms with Gasteiger partial charge in [0, 0.05) is 23.7 Å². The second-order valence-corrected chi connectivity index (χ2v) is 8.47. The number of aryl methyl sites for hydroxylation is 2. The Morgan fingerprint density at radius 3 is 2.69 bits per heavy atom. The molecule has 1 aliphatic rings. The van der Waals surface area contributed by atoms with Crippen LogP contribution in [0.4, 0.5) is 0 Å². The molecule has 0 saturated carbocycles. The third-order valence-electron chi connectivity index (χ3n) is 5.78. The number of hydrogen-bond acceptors (Lipinski definition) is 6. The van der Waals surface area contributed by atoms with Crippen molar-refractivity contribution in [3.8, 4) is 11.5 Å². The normalized spacial score (nSPS) is 15.2. The first-order valence-electron chi connectivity index (χ1n) is 10.1. The molecule has 2 amide bonds. The number of likely N-dealkylation sites (tertiary alicyclic amines) is 1. The van der Waals surface area contributed by atoms with Crippen LogP contribution >= 0.6 is 0 Å². The monoisotopic (exact) mass is 434 g/mol. The summed E-state index contributed by atoms with van der Waals surface area (Å²) in [5, 5.41) is 14.9. The minimum atomic E-state index is -0.841. The van der Waals surface area contributed by atoms with E-state index in [1.807, 2.05) is 6.92 Å². The van der Waals surface area contributed by atoms with E-state index in [2.05, 4.69) is 5.10 Å². The van der Waals surface area contributed by atoms with Crippen LogP contribution < -0.4 is 10.5 Å². The number of amides is 2. The number of benzene rings is 1. The molecule has 4 aromatic rings. The highest BCUT2D eigenvalue weighted by atomic mass is 16.5. The molecule has 0 aliphatic carbocycles. The lowest BCUT2D eigenvalue weighted by Gasteiger charge is -2.44. The highest BCUT2D eigenvalue weighted by molar-refractivity contribution is 6.06. The number of β-amino-alcohol motifs (C(OH)–C–C–N with tert-alkyl or cyclic N) is 1. The van der Waals surface area contributed by atoms with Crippen molar-refractivity contribution in [1.29, 1.82) is 0 Å². The molecule has 3 aromatic heterocycles. The predicted octanol–water partition coefficient (Wildman–Crippen LogP) is 2.80. The Morgan fingerprint density at radius 1 is 1.25 bits per heavy atom. The molecule has 9 nitrogen and oxygen atoms in total. The Bertz CT molecular complexity index is 1410. The Hall–Kier alpha value is -3.85. The van der Waals surface area contributed by atoms with Crippen molar-refractivity contribution in [2.24, 2.45) is 5.73 Å². The third kappa shape index (κ3) is 3.09. The first kappa shape index (κ1) is 20.1. The number of hydrogen-bond donors (Lipinski definition) is 2. The van der Waals surface area contributed by atoms with Gasteiger partial charge in [-0.2, -0.15) is 5.10 Å². The predicted molar refractivity (Wildman–Crippen MR) is 116 cm³/mol. The number of primary amides is 1. The number of ether oxygens (including phenoxy) is 1. The van der Waals surface area contributed by atoms with Crippen LogP contribution in [0, 0.1) is 13.8 Å². The van der Waals surface area contributed by atoms with Crippen LogP contribution in [0.3, 0.4) is 0 Å². The van der Waals surface area contributed by atoms with Crippen LogP contribution in [0.5, 0.6) is 11.5 Å². The average molecular weight is 434 g/mol. The largest absolute Gasteiger partial charge is 0.460 e. The Kier molecular flexibility index (Phi) is 4.28. The zero-order valence-corrected chi connectivity index (χ0v) is 17.9. The van der Waals surface area contributed by atoms with Crippen LogP contribution in [-0.4, -0.2) is 50.1 Å². The fourth-order valence-corrected chi connectivity index (χ4v) is 4.31. The number of rotatable bonds is 4. The maximum Gasteiger partial charge on any atom is 0.255 e. The fourth-order valence-electron chi connectivity index (χ4n) is 4.31. The minimum Gasteiger partial charge on any atom is -0.460 e. The van der Waals surface area contributed by atoms with Gasteiger partial charge in [-0.25, -0.2) is 4.52 Å². The topological polar surface area (TPSA) is 123 Å². The summed E-state index contributed by atoms with van der Waals surface area (Å²) >= 11 is 0. The van der Waals surface area contributed by atoms with Gasteiger partial charge in [-0.05, 0) is 38.5 Å². The maximum atomic E-state index is 12.9. The van der Waals surface area contributed by atoms with Gasteiger partial charge in [0.15, 0.2) is 5.75 Å². The number of carbonyl (C=O) groups excluding carboxylic acids is 2. The summed E-state index contributed by atoms with van der Waals surface area (Å²) in [6, 6.07) is 6.87. The van der Waals surface area contributed by atoms with Gasteiger partial charge in [-0.1, -0.05) is 0 Å². The second kappa shape index (κ2) is 6.83. The molecule has 9 heteroatoms. The van der Waals surface area contributed by atoms with Crippen LogP contribution in [0.2, 0.25) is 0 Å². The summed E-state index contributed by atoms with van der Waals surface area (Å²) in [4.78, 5) is 26.2. The molecular formula is C23H22N4O5. The summed E-state index contributed by atoms with van der Waals surface area (Å²) < 4.78 is 13.4. The summed E-state index contributed by atoms with van der Waals surface area (Å²) in [7, 11) is 0. The first-order valence-corrected chi connectivity index (χ1v) is 10.1. The van der Waals surface area contributed by atoms with E-state index in [9.17, 15) is 14.7 Å². The molecule has 1 aliphatic heterocycles. The third-order valence-corrected chi connectivity index (χ3v) is 5.78. The van der Waals surface area contributed by atoms with Gasteiger partial charge in [0.25, 0.3) is 11.8 Å². The smallest absolute Gasteiger partial charge is 0.255 e. The molecule has 4 heterocycles. The number of carbonyl (C=O) groups is 2. The standard InChI is InChI=1S/C23H22N4O5/c1-12-16(22(29)26-10-23(3,30)11-26)9-27-20(12)17(6-7-25-27)32-14-4-5-15-18(8-14)31-13(2)19(15)21(24)28/h4-9,30H,10-11H2,1-3H3,(H2,24,28). The number of nitrogens with two attached hydrogens (primary N) is 1. The number of aromatic nitrogens is 2. The molecule has 0 bridgehead atoms. The molecular weight excluding hydrogens is 412 g/mol. The van der Waals surface area contributed by atoms with E-state index in [1.54, 1.807) is 59.9 Å². The molecule has 0 atom stereocenters. The van der Waals surface area contributed by atoms with Crippen molar-refractivity contribution >= 4 is 28.3 Å². The molecule has 0 radical (unpaired) electrons. The molecule has 164 valence electrons. The number of fused-ring (bicyclic) bond motifs is 2. The summed E-state index contributed by atoms with van der Waals surface area (Å²) in [5.74, 6) is 0.770. The van der Waals surface area contributed by atoms with Crippen LogP contribution in [0.15, 0.2) is 41.1 Å². The van der Waals surface area contributed by atoms with Gasteiger partial charge in [0.05, 0.1) is 36.0 Å². The minimum absolute atomic E-state index is 0.156. The van der Waals surface area contributed by atoms with Gasteiger partial charge in [0.2, 0.25) is 0 Å². The van der Waals surface area contributed by atoms with Gasteiger partial charge in [0.1, 0.15) is 22.6 Å². The van der Waals surface area contributed by atoms with Crippen molar-refractivity contribution in [3.05, 3.63) is 59.1 Å². The van der Waals surface area contributed by atoms with E-state index in [0.29, 0.717) is 58.0 Å². The van der Waals surface area contributed by atoms with Crippen LogP contribution in [-0.2, 0) is 0 Å². The maximum absolute atomic E-state index is 12.9. The Labute approximate surface area is 183 Å². The Morgan fingerprint density at radius 2 is 2.00 bits per heavy atom. The van der Waals surface area contributed by atoms with Crippen molar-refractivity contribution in [3.63, 3.8) is 0 Å².